The Balaban J connectivity index is 1.19. The number of carbonyl (C=O) groups is 2. The van der Waals surface area contributed by atoms with Gasteiger partial charge in [0.25, 0.3) is 0 Å². The number of nitrogens with zero attached hydrogens (tertiary/aromatic N) is 2. The average Bonchev–Trinajstić information content (AvgIpc) is 3.61. The van der Waals surface area contributed by atoms with E-state index in [0.29, 0.717) is 42.2 Å². The number of fused-ring (bicyclic) bond motifs is 2. The summed E-state index contributed by atoms with van der Waals surface area (Å²) in [4.78, 5) is 35.2. The van der Waals surface area contributed by atoms with Crippen molar-refractivity contribution in [1.82, 2.24) is 9.80 Å². The van der Waals surface area contributed by atoms with E-state index in [1.165, 1.54) is 62.9 Å². The van der Waals surface area contributed by atoms with Gasteiger partial charge in [0.1, 0.15) is 11.2 Å². The lowest BCUT2D eigenvalue weighted by Gasteiger charge is -2.69. The van der Waals surface area contributed by atoms with E-state index in [9.17, 15) is 4.79 Å². The molecule has 53 heavy (non-hydrogen) atoms. The fourth-order valence-electron chi connectivity index (χ4n) is 14.3. The molecule has 8 bridgehead atoms. The highest BCUT2D eigenvalue weighted by atomic mass is 16.6. The third-order valence-electron chi connectivity index (χ3n) is 16.1. The van der Waals surface area contributed by atoms with E-state index in [2.05, 4.69) is 60.1 Å². The molecule has 1 aromatic rings. The molecule has 2 N–H and O–H groups in total. The van der Waals surface area contributed by atoms with Gasteiger partial charge in [0.2, 0.25) is 0 Å². The number of esters is 2. The Morgan fingerprint density at radius 3 is 2.57 bits per heavy atom. The minimum atomic E-state index is -0.928. The molecule has 2 spiro atoms. The van der Waals surface area contributed by atoms with E-state index in [4.69, 9.17) is 15.2 Å². The summed E-state index contributed by atoms with van der Waals surface area (Å²) in [5.74, 6) is 3.27. The Morgan fingerprint density at radius 1 is 0.981 bits per heavy atom. The van der Waals surface area contributed by atoms with E-state index >= 15 is 4.79 Å². The molecule has 12 aliphatic rings. The maximum absolute atomic E-state index is 15.1. The van der Waals surface area contributed by atoms with Crippen LogP contribution in [0.3, 0.4) is 0 Å². The fraction of sp³-hybridized carbons (Fsp3) is 0.696. The number of carbonyl (C=O) groups excluding carboxylic acids is 2. The molecule has 7 heteroatoms. The van der Waals surface area contributed by atoms with Crippen LogP contribution < -0.4 is 5.73 Å². The average molecular weight is 720 g/mol. The number of rotatable bonds is 6. The van der Waals surface area contributed by atoms with E-state index in [1.54, 1.807) is 0 Å². The van der Waals surface area contributed by atoms with Gasteiger partial charge in [0.05, 0.1) is 11.0 Å². The summed E-state index contributed by atoms with van der Waals surface area (Å²) in [6.45, 7) is 9.85. The van der Waals surface area contributed by atoms with Gasteiger partial charge in [-0.3, -0.25) is 9.69 Å². The lowest BCUT2D eigenvalue weighted by Crippen LogP contribution is -2.75. The van der Waals surface area contributed by atoms with Gasteiger partial charge in [0, 0.05) is 55.3 Å². The molecular weight excluding hydrogens is 659 g/mol. The predicted molar refractivity (Wildman–Crippen MR) is 205 cm³/mol. The molecular formula is C46H61N3O4. The van der Waals surface area contributed by atoms with Crippen LogP contribution in [0.1, 0.15) is 125 Å². The first-order chi connectivity index (χ1) is 25.8. The summed E-state index contributed by atoms with van der Waals surface area (Å²) in [6, 6.07) is 6.79. The second-order valence-corrected chi connectivity index (χ2v) is 18.9. The Labute approximate surface area is 316 Å². The van der Waals surface area contributed by atoms with E-state index < -0.39 is 16.4 Å². The zero-order valence-electron chi connectivity index (χ0n) is 32.3. The first kappa shape index (κ1) is 34.6. The number of hydrogen-bond donors (Lipinski definition) is 1. The Kier molecular flexibility index (Phi) is 8.37. The smallest absolute Gasteiger partial charge is 0.339 e. The molecule has 10 atom stereocenters. The van der Waals surface area contributed by atoms with Crippen LogP contribution in [0.4, 0.5) is 0 Å². The van der Waals surface area contributed by atoms with Crippen molar-refractivity contribution in [2.75, 3.05) is 32.7 Å². The Bertz CT molecular complexity index is 1760. The van der Waals surface area contributed by atoms with Crippen molar-refractivity contribution in [3.8, 4) is 0 Å². The third kappa shape index (κ3) is 4.71. The standard InChI is InChI=1S/C46H61N3O4/c1-3-9-39-44-24-34-19-20-45(44,46(39)36-14-7-12-33(13-8-21-47)41(36)42(50)53-46)40(52-43(44)51)18-17-37(32-10-5-4-6-11-32)48-25-30-23-31(26-48)28-49(27-30)38-16-15-29(2)22-35(34)38/h7,12,14,16,18,24,29-32,35,37,39H,3-6,8-11,13,15,17,19-23,25-28,47H2,1-2H3/b40-18+/t29-,30-,31+,35+,37-,39-,44-,45+,46+/m0/s1. The summed E-state index contributed by atoms with van der Waals surface area (Å²) in [5, 5.41) is 0. The van der Waals surface area contributed by atoms with Crippen LogP contribution in [0.25, 0.3) is 0 Å². The van der Waals surface area contributed by atoms with Gasteiger partial charge < -0.3 is 20.1 Å². The molecule has 4 aliphatic carbocycles. The van der Waals surface area contributed by atoms with Gasteiger partial charge in [-0.2, -0.15) is 0 Å². The highest BCUT2D eigenvalue weighted by Crippen LogP contribution is 2.84. The van der Waals surface area contributed by atoms with Crippen LogP contribution in [0.15, 0.2) is 53.5 Å². The SMILES string of the molecule is CCC[C@@H]1[C@@]2(OC(=O)c3c(CCCN)cccc32)[C@@]23CCC4=C[C@@]12C(=O)O/C3=C/C[C@@H](C1CCCCC1)N1C[C@@H]2C[C@@H](CN(C2)C2=CC[C@H](C)C[C@H]42)C1. The number of nitrogens with two attached hydrogens (primary N) is 1. The molecule has 8 aliphatic heterocycles. The van der Waals surface area contributed by atoms with Crippen LogP contribution >= 0.6 is 0 Å². The first-order valence-electron chi connectivity index (χ1n) is 21.7. The van der Waals surface area contributed by atoms with Gasteiger partial charge in [-0.1, -0.05) is 75.5 Å². The molecule has 0 amide bonds. The number of hydrogen-bond acceptors (Lipinski definition) is 7. The van der Waals surface area contributed by atoms with Crippen molar-refractivity contribution >= 4 is 11.9 Å². The molecule has 284 valence electrons. The van der Waals surface area contributed by atoms with Gasteiger partial charge in [0.15, 0.2) is 5.60 Å². The van der Waals surface area contributed by atoms with E-state index in [1.807, 2.05) is 0 Å². The van der Waals surface area contributed by atoms with Crippen molar-refractivity contribution in [2.24, 2.45) is 52.1 Å². The second kappa shape index (κ2) is 12.8. The van der Waals surface area contributed by atoms with Crippen LogP contribution in [0.5, 0.6) is 0 Å². The lowest BCUT2D eigenvalue weighted by molar-refractivity contribution is -0.271. The van der Waals surface area contributed by atoms with Gasteiger partial charge in [-0.05, 0) is 112 Å². The van der Waals surface area contributed by atoms with Crippen molar-refractivity contribution in [1.29, 1.82) is 0 Å². The van der Waals surface area contributed by atoms with E-state index in [0.717, 1.165) is 93.3 Å². The summed E-state index contributed by atoms with van der Waals surface area (Å²) in [7, 11) is 0. The number of piperidine rings is 2. The summed E-state index contributed by atoms with van der Waals surface area (Å²) in [5.41, 5.74) is 9.16. The van der Waals surface area contributed by atoms with Crippen molar-refractivity contribution in [3.63, 3.8) is 0 Å². The lowest BCUT2D eigenvalue weighted by atomic mass is 9.31. The number of allylic oxidation sites excluding steroid dienone is 2. The predicted octanol–water partition coefficient (Wildman–Crippen LogP) is 8.04. The first-order valence-corrected chi connectivity index (χ1v) is 21.7. The van der Waals surface area contributed by atoms with Crippen LogP contribution in [0.2, 0.25) is 0 Å². The number of ether oxygens (including phenoxy) is 2. The molecule has 1 unspecified atom stereocenters. The third-order valence-corrected chi connectivity index (χ3v) is 16.1. The molecule has 7 nitrogen and oxygen atoms in total. The molecule has 8 heterocycles. The van der Waals surface area contributed by atoms with Gasteiger partial charge >= 0.3 is 11.9 Å². The minimum absolute atomic E-state index is 0.105. The number of aryl methyl sites for hydroxylation is 1. The fourth-order valence-corrected chi connectivity index (χ4v) is 14.3. The van der Waals surface area contributed by atoms with E-state index in [-0.39, 0.29) is 17.9 Å². The quantitative estimate of drug-likeness (QED) is 0.235. The highest BCUT2D eigenvalue weighted by molar-refractivity contribution is 5.99. The monoisotopic (exact) mass is 719 g/mol. The maximum atomic E-state index is 15.1. The Morgan fingerprint density at radius 2 is 1.79 bits per heavy atom. The van der Waals surface area contributed by atoms with Crippen LogP contribution in [-0.2, 0) is 26.3 Å². The van der Waals surface area contributed by atoms with Crippen molar-refractivity contribution in [3.05, 3.63) is 70.1 Å². The number of benzene rings is 1. The summed E-state index contributed by atoms with van der Waals surface area (Å²) >= 11 is 0. The summed E-state index contributed by atoms with van der Waals surface area (Å²) in [6.07, 6.45) is 23.4. The Hall–Kier alpha value is -2.90. The van der Waals surface area contributed by atoms with Crippen molar-refractivity contribution in [2.45, 2.75) is 122 Å². The normalized spacial score (nSPS) is 42.4. The molecule has 1 aromatic carbocycles. The molecule has 2 saturated carbocycles. The second-order valence-electron chi connectivity index (χ2n) is 18.9. The zero-order chi connectivity index (χ0) is 36.1. The summed E-state index contributed by atoms with van der Waals surface area (Å²) < 4.78 is 13.8. The molecule has 5 fully saturated rings. The van der Waals surface area contributed by atoms with Crippen molar-refractivity contribution < 1.29 is 19.1 Å². The molecule has 13 rings (SSSR count). The largest absolute Gasteiger partial charge is 0.449 e. The molecule has 0 radical (unpaired) electrons. The van der Waals surface area contributed by atoms with Crippen LogP contribution in [-0.4, -0.2) is 60.5 Å². The van der Waals surface area contributed by atoms with Gasteiger partial charge in [-0.15, -0.1) is 0 Å². The molecule has 3 saturated heterocycles. The minimum Gasteiger partial charge on any atom is -0.449 e. The van der Waals surface area contributed by atoms with Gasteiger partial charge in [-0.25, -0.2) is 4.79 Å². The van der Waals surface area contributed by atoms with Crippen LogP contribution in [0, 0.1) is 46.3 Å². The molecule has 0 aromatic heterocycles. The topological polar surface area (TPSA) is 85.1 Å². The highest BCUT2D eigenvalue weighted by Gasteiger charge is 2.91. The maximum Gasteiger partial charge on any atom is 0.339 e. The zero-order valence-corrected chi connectivity index (χ0v) is 32.3.